The van der Waals surface area contributed by atoms with E-state index in [9.17, 15) is 14.4 Å². The summed E-state index contributed by atoms with van der Waals surface area (Å²) in [7, 11) is 0. The van der Waals surface area contributed by atoms with Crippen LogP contribution in [0.25, 0.3) is 0 Å². The highest BCUT2D eigenvalue weighted by atomic mass is 16.2. The first-order valence-electron chi connectivity index (χ1n) is 8.60. The number of anilines is 1. The molecule has 0 aliphatic heterocycles. The number of benzene rings is 2. The van der Waals surface area contributed by atoms with Crippen LogP contribution in [0.4, 0.5) is 5.69 Å². The van der Waals surface area contributed by atoms with Gasteiger partial charge in [0.25, 0.3) is 11.8 Å². The Morgan fingerprint density at radius 3 is 2.31 bits per heavy atom. The topological polar surface area (TPSA) is 87.3 Å². The average Bonchev–Trinajstić information content (AvgIpc) is 3.46. The van der Waals surface area contributed by atoms with Gasteiger partial charge in [0.1, 0.15) is 6.04 Å². The molecule has 134 valence electrons. The molecule has 2 aromatic rings. The van der Waals surface area contributed by atoms with E-state index < -0.39 is 6.04 Å². The zero-order valence-corrected chi connectivity index (χ0v) is 14.5. The van der Waals surface area contributed by atoms with E-state index in [1.165, 1.54) is 0 Å². The van der Waals surface area contributed by atoms with Gasteiger partial charge in [-0.2, -0.15) is 0 Å². The standard InChI is InChI=1S/C20H21N3O3/c1-13(21-19(25)14-6-3-2-4-7-14)18(24)23-17-9-5-8-15(12-17)20(26)22-16-10-11-16/h2-9,12-13,16H,10-11H2,1H3,(H,21,25)(H,22,26)(H,23,24)/t13-/m1/s1. The van der Waals surface area contributed by atoms with Gasteiger partial charge in [-0.15, -0.1) is 0 Å². The second-order valence-corrected chi connectivity index (χ2v) is 6.38. The van der Waals surface area contributed by atoms with Crippen LogP contribution in [0.5, 0.6) is 0 Å². The Morgan fingerprint density at radius 2 is 1.62 bits per heavy atom. The highest BCUT2D eigenvalue weighted by Crippen LogP contribution is 2.20. The molecule has 1 saturated carbocycles. The van der Waals surface area contributed by atoms with Crippen LogP contribution in [0.15, 0.2) is 54.6 Å². The van der Waals surface area contributed by atoms with Gasteiger partial charge in [0.2, 0.25) is 5.91 Å². The summed E-state index contributed by atoms with van der Waals surface area (Å²) in [5.74, 6) is -0.811. The Bertz CT molecular complexity index is 816. The van der Waals surface area contributed by atoms with Crippen molar-refractivity contribution in [2.75, 3.05) is 5.32 Å². The van der Waals surface area contributed by atoms with Crippen LogP contribution in [0.1, 0.15) is 40.5 Å². The lowest BCUT2D eigenvalue weighted by Gasteiger charge is -2.14. The van der Waals surface area contributed by atoms with Gasteiger partial charge in [0.05, 0.1) is 0 Å². The van der Waals surface area contributed by atoms with Crippen molar-refractivity contribution in [3.8, 4) is 0 Å². The van der Waals surface area contributed by atoms with E-state index in [-0.39, 0.29) is 23.8 Å². The number of rotatable bonds is 6. The van der Waals surface area contributed by atoms with Gasteiger partial charge in [0, 0.05) is 22.9 Å². The molecule has 1 aliphatic rings. The van der Waals surface area contributed by atoms with E-state index in [1.807, 2.05) is 6.07 Å². The Morgan fingerprint density at radius 1 is 0.923 bits per heavy atom. The second kappa shape index (κ2) is 7.82. The van der Waals surface area contributed by atoms with Gasteiger partial charge in [0.15, 0.2) is 0 Å². The Hall–Kier alpha value is -3.15. The predicted octanol–water partition coefficient (Wildman–Crippen LogP) is 2.34. The monoisotopic (exact) mass is 351 g/mol. The fourth-order valence-corrected chi connectivity index (χ4v) is 2.42. The number of amides is 3. The fraction of sp³-hybridized carbons (Fsp3) is 0.250. The molecule has 0 spiro atoms. The van der Waals surface area contributed by atoms with Crippen molar-refractivity contribution in [3.05, 3.63) is 65.7 Å². The average molecular weight is 351 g/mol. The minimum Gasteiger partial charge on any atom is -0.349 e. The van der Waals surface area contributed by atoms with Gasteiger partial charge in [-0.3, -0.25) is 14.4 Å². The normalized spacial score (nSPS) is 14.2. The van der Waals surface area contributed by atoms with E-state index >= 15 is 0 Å². The molecule has 1 atom stereocenters. The third-order valence-electron chi connectivity index (χ3n) is 4.08. The van der Waals surface area contributed by atoms with Gasteiger partial charge in [-0.05, 0) is 50.1 Å². The van der Waals surface area contributed by atoms with Crippen molar-refractivity contribution in [1.82, 2.24) is 10.6 Å². The number of carbonyl (C=O) groups excluding carboxylic acids is 3. The largest absolute Gasteiger partial charge is 0.349 e. The maximum atomic E-state index is 12.3. The Kier molecular flexibility index (Phi) is 5.31. The highest BCUT2D eigenvalue weighted by molar-refractivity contribution is 6.02. The zero-order chi connectivity index (χ0) is 18.5. The Balaban J connectivity index is 1.58. The summed E-state index contributed by atoms with van der Waals surface area (Å²) in [5, 5.41) is 8.30. The third kappa shape index (κ3) is 4.69. The van der Waals surface area contributed by atoms with E-state index in [4.69, 9.17) is 0 Å². The summed E-state index contributed by atoms with van der Waals surface area (Å²) in [5.41, 5.74) is 1.50. The van der Waals surface area contributed by atoms with Gasteiger partial charge in [-0.25, -0.2) is 0 Å². The van der Waals surface area contributed by atoms with Crippen LogP contribution < -0.4 is 16.0 Å². The van der Waals surface area contributed by atoms with E-state index in [0.29, 0.717) is 16.8 Å². The maximum Gasteiger partial charge on any atom is 0.251 e. The van der Waals surface area contributed by atoms with Gasteiger partial charge < -0.3 is 16.0 Å². The fourth-order valence-electron chi connectivity index (χ4n) is 2.42. The number of nitrogens with one attached hydrogen (secondary N) is 3. The molecule has 0 unspecified atom stereocenters. The van der Waals surface area contributed by atoms with Crippen LogP contribution in [-0.4, -0.2) is 29.8 Å². The first-order valence-corrected chi connectivity index (χ1v) is 8.60. The van der Waals surface area contributed by atoms with Crippen LogP contribution >= 0.6 is 0 Å². The number of carbonyl (C=O) groups is 3. The molecule has 1 aliphatic carbocycles. The van der Waals surface area contributed by atoms with E-state index in [2.05, 4.69) is 16.0 Å². The molecular formula is C20H21N3O3. The molecule has 3 amide bonds. The molecular weight excluding hydrogens is 330 g/mol. The molecule has 3 N–H and O–H groups in total. The second-order valence-electron chi connectivity index (χ2n) is 6.38. The molecule has 0 heterocycles. The van der Waals surface area contributed by atoms with E-state index in [0.717, 1.165) is 12.8 Å². The Labute approximate surface area is 152 Å². The SMILES string of the molecule is C[C@@H](NC(=O)c1ccccc1)C(=O)Nc1cccc(C(=O)NC2CC2)c1. The predicted molar refractivity (Wildman–Crippen MR) is 98.9 cm³/mol. The van der Waals surface area contributed by atoms with Crippen molar-refractivity contribution in [1.29, 1.82) is 0 Å². The molecule has 2 aromatic carbocycles. The molecule has 26 heavy (non-hydrogen) atoms. The number of hydrogen-bond acceptors (Lipinski definition) is 3. The van der Waals surface area contributed by atoms with Crippen molar-refractivity contribution in [3.63, 3.8) is 0 Å². The lowest BCUT2D eigenvalue weighted by molar-refractivity contribution is -0.117. The summed E-state index contributed by atoms with van der Waals surface area (Å²) in [4.78, 5) is 36.5. The minimum atomic E-state index is -0.716. The van der Waals surface area contributed by atoms with E-state index in [1.54, 1.807) is 55.5 Å². The molecule has 0 saturated heterocycles. The summed E-state index contributed by atoms with van der Waals surface area (Å²) >= 11 is 0. The first-order chi connectivity index (χ1) is 12.5. The summed E-state index contributed by atoms with van der Waals surface area (Å²) in [6, 6.07) is 15.0. The van der Waals surface area contributed by atoms with Crippen molar-refractivity contribution < 1.29 is 14.4 Å². The van der Waals surface area contributed by atoms with Crippen LogP contribution in [-0.2, 0) is 4.79 Å². The minimum absolute atomic E-state index is 0.144. The quantitative estimate of drug-likeness (QED) is 0.746. The molecule has 6 heteroatoms. The van der Waals surface area contributed by atoms with Crippen LogP contribution in [0.3, 0.4) is 0 Å². The highest BCUT2D eigenvalue weighted by Gasteiger charge is 2.24. The molecule has 6 nitrogen and oxygen atoms in total. The molecule has 0 aromatic heterocycles. The smallest absolute Gasteiger partial charge is 0.251 e. The molecule has 0 bridgehead atoms. The molecule has 1 fully saturated rings. The molecule has 0 radical (unpaired) electrons. The summed E-state index contributed by atoms with van der Waals surface area (Å²) in [6.07, 6.45) is 2.03. The van der Waals surface area contributed by atoms with Crippen molar-refractivity contribution in [2.45, 2.75) is 31.8 Å². The lowest BCUT2D eigenvalue weighted by atomic mass is 10.1. The number of hydrogen-bond donors (Lipinski definition) is 3. The third-order valence-corrected chi connectivity index (χ3v) is 4.08. The first kappa shape index (κ1) is 17.7. The van der Waals surface area contributed by atoms with Gasteiger partial charge >= 0.3 is 0 Å². The zero-order valence-electron chi connectivity index (χ0n) is 14.5. The summed E-state index contributed by atoms with van der Waals surface area (Å²) in [6.45, 7) is 1.61. The van der Waals surface area contributed by atoms with Crippen molar-refractivity contribution >= 4 is 23.4 Å². The maximum absolute atomic E-state index is 12.3. The van der Waals surface area contributed by atoms with Crippen LogP contribution in [0.2, 0.25) is 0 Å². The summed E-state index contributed by atoms with van der Waals surface area (Å²) < 4.78 is 0. The van der Waals surface area contributed by atoms with Gasteiger partial charge in [-0.1, -0.05) is 24.3 Å². The molecule has 3 rings (SSSR count). The van der Waals surface area contributed by atoms with Crippen LogP contribution in [0, 0.1) is 0 Å². The van der Waals surface area contributed by atoms with Crippen molar-refractivity contribution in [2.24, 2.45) is 0 Å². The lowest BCUT2D eigenvalue weighted by Crippen LogP contribution is -2.41.